The number of benzene rings is 2. The maximum atomic E-state index is 12.9. The first-order chi connectivity index (χ1) is 8.61. The summed E-state index contributed by atoms with van der Waals surface area (Å²) in [7, 11) is 1.68. The third-order valence-electron chi connectivity index (χ3n) is 2.67. The second kappa shape index (κ2) is 4.87. The molecule has 92 valence electrons. The molecule has 2 aromatic rings. The molecule has 0 fully saturated rings. The van der Waals surface area contributed by atoms with E-state index >= 15 is 0 Å². The van der Waals surface area contributed by atoms with E-state index in [1.54, 1.807) is 31.3 Å². The van der Waals surface area contributed by atoms with Crippen LogP contribution in [0.25, 0.3) is 0 Å². The van der Waals surface area contributed by atoms with Gasteiger partial charge in [0.15, 0.2) is 0 Å². The van der Waals surface area contributed by atoms with E-state index in [0.29, 0.717) is 17.1 Å². The highest BCUT2D eigenvalue weighted by atomic mass is 19.1. The number of anilines is 2. The van der Waals surface area contributed by atoms with Crippen LogP contribution in [-0.4, -0.2) is 12.8 Å². The standard InChI is InChI=1S/C14H14FN3/c1-18-14(9-2-4-10(15)5-3-9)12-7-6-11(16)8-13(12)17/h2-8H,16-17H2,1H3. The lowest BCUT2D eigenvalue weighted by Crippen LogP contribution is -2.07. The summed E-state index contributed by atoms with van der Waals surface area (Å²) >= 11 is 0. The summed E-state index contributed by atoms with van der Waals surface area (Å²) in [5.41, 5.74) is 15.1. The lowest BCUT2D eigenvalue weighted by molar-refractivity contribution is 0.628. The Kier molecular flexibility index (Phi) is 3.28. The van der Waals surface area contributed by atoms with Gasteiger partial charge in [0.1, 0.15) is 5.82 Å². The summed E-state index contributed by atoms with van der Waals surface area (Å²) in [6.45, 7) is 0. The van der Waals surface area contributed by atoms with Crippen molar-refractivity contribution in [2.45, 2.75) is 0 Å². The number of aliphatic imine (C=N–C) groups is 1. The molecule has 4 heteroatoms. The number of rotatable bonds is 2. The van der Waals surface area contributed by atoms with Gasteiger partial charge >= 0.3 is 0 Å². The zero-order chi connectivity index (χ0) is 13.1. The molecule has 0 aliphatic carbocycles. The minimum atomic E-state index is -0.278. The van der Waals surface area contributed by atoms with Crippen LogP contribution in [0, 0.1) is 5.82 Å². The van der Waals surface area contributed by atoms with Crippen molar-refractivity contribution in [1.82, 2.24) is 0 Å². The smallest absolute Gasteiger partial charge is 0.123 e. The van der Waals surface area contributed by atoms with E-state index < -0.39 is 0 Å². The molecule has 0 aliphatic rings. The summed E-state index contributed by atoms with van der Waals surface area (Å²) in [6, 6.07) is 11.4. The van der Waals surface area contributed by atoms with Gasteiger partial charge < -0.3 is 11.5 Å². The lowest BCUT2D eigenvalue weighted by atomic mass is 10.0. The average molecular weight is 243 g/mol. The molecule has 3 nitrogen and oxygen atoms in total. The second-order valence-electron chi connectivity index (χ2n) is 3.93. The Hall–Kier alpha value is -2.36. The summed E-state index contributed by atoms with van der Waals surface area (Å²) < 4.78 is 12.9. The van der Waals surface area contributed by atoms with Crippen molar-refractivity contribution in [3.05, 3.63) is 59.4 Å². The number of nitrogens with zero attached hydrogens (tertiary/aromatic N) is 1. The molecule has 0 atom stereocenters. The van der Waals surface area contributed by atoms with Gasteiger partial charge in [-0.1, -0.05) is 0 Å². The summed E-state index contributed by atoms with van der Waals surface area (Å²) in [4.78, 5) is 4.22. The second-order valence-corrected chi connectivity index (χ2v) is 3.93. The van der Waals surface area contributed by atoms with E-state index in [4.69, 9.17) is 11.5 Å². The first-order valence-electron chi connectivity index (χ1n) is 5.50. The highest BCUT2D eigenvalue weighted by molar-refractivity contribution is 6.15. The monoisotopic (exact) mass is 243 g/mol. The van der Waals surface area contributed by atoms with Crippen LogP contribution in [0.4, 0.5) is 15.8 Å². The molecule has 0 radical (unpaired) electrons. The topological polar surface area (TPSA) is 64.4 Å². The van der Waals surface area contributed by atoms with Gasteiger partial charge in [-0.15, -0.1) is 0 Å². The molecule has 0 spiro atoms. The molecule has 0 saturated heterocycles. The molecule has 0 aromatic heterocycles. The fraction of sp³-hybridized carbons (Fsp3) is 0.0714. The average Bonchev–Trinajstić information content (AvgIpc) is 2.35. The van der Waals surface area contributed by atoms with E-state index in [0.717, 1.165) is 11.1 Å². The van der Waals surface area contributed by atoms with Gasteiger partial charge in [0.05, 0.1) is 5.71 Å². The van der Waals surface area contributed by atoms with Crippen LogP contribution in [-0.2, 0) is 0 Å². The molecule has 2 rings (SSSR count). The number of hydrogen-bond acceptors (Lipinski definition) is 3. The Labute approximate surface area is 105 Å². The third kappa shape index (κ3) is 2.32. The molecule has 18 heavy (non-hydrogen) atoms. The molecule has 0 aliphatic heterocycles. The summed E-state index contributed by atoms with van der Waals surface area (Å²) in [5.74, 6) is -0.278. The van der Waals surface area contributed by atoms with Gasteiger partial charge in [-0.25, -0.2) is 4.39 Å². The minimum absolute atomic E-state index is 0.278. The van der Waals surface area contributed by atoms with Gasteiger partial charge in [-0.2, -0.15) is 0 Å². The number of nitrogen functional groups attached to an aromatic ring is 2. The lowest BCUT2D eigenvalue weighted by Gasteiger charge is -2.10. The van der Waals surface area contributed by atoms with Crippen molar-refractivity contribution < 1.29 is 4.39 Å². The van der Waals surface area contributed by atoms with Gasteiger partial charge in [-0.3, -0.25) is 4.99 Å². The van der Waals surface area contributed by atoms with E-state index in [1.165, 1.54) is 12.1 Å². The van der Waals surface area contributed by atoms with Gasteiger partial charge in [0.25, 0.3) is 0 Å². The minimum Gasteiger partial charge on any atom is -0.399 e. The van der Waals surface area contributed by atoms with E-state index in [2.05, 4.69) is 4.99 Å². The van der Waals surface area contributed by atoms with E-state index in [9.17, 15) is 4.39 Å². The molecule has 4 N–H and O–H groups in total. The summed E-state index contributed by atoms with van der Waals surface area (Å²) in [5, 5.41) is 0. The van der Waals surface area contributed by atoms with Crippen molar-refractivity contribution >= 4 is 17.1 Å². The van der Waals surface area contributed by atoms with Crippen molar-refractivity contribution in [2.75, 3.05) is 18.5 Å². The zero-order valence-corrected chi connectivity index (χ0v) is 10.0. The predicted octanol–water partition coefficient (Wildman–Crippen LogP) is 2.46. The number of halogens is 1. The predicted molar refractivity (Wildman–Crippen MR) is 73.2 cm³/mol. The first-order valence-corrected chi connectivity index (χ1v) is 5.50. The van der Waals surface area contributed by atoms with Crippen molar-refractivity contribution in [1.29, 1.82) is 0 Å². The fourth-order valence-electron chi connectivity index (χ4n) is 1.81. The highest BCUT2D eigenvalue weighted by Crippen LogP contribution is 2.20. The highest BCUT2D eigenvalue weighted by Gasteiger charge is 2.09. The van der Waals surface area contributed by atoms with Crippen LogP contribution in [0.3, 0.4) is 0 Å². The quantitative estimate of drug-likeness (QED) is 0.628. The molecule has 0 saturated carbocycles. The van der Waals surface area contributed by atoms with E-state index in [1.807, 2.05) is 6.07 Å². The SMILES string of the molecule is CN=C(c1ccc(F)cc1)c1ccc(N)cc1N. The Morgan fingerprint density at radius 1 is 1.06 bits per heavy atom. The Morgan fingerprint density at radius 3 is 2.28 bits per heavy atom. The Morgan fingerprint density at radius 2 is 1.72 bits per heavy atom. The first kappa shape index (κ1) is 12.1. The Balaban J connectivity index is 2.49. The maximum absolute atomic E-state index is 12.9. The van der Waals surface area contributed by atoms with Crippen LogP contribution in [0.15, 0.2) is 47.5 Å². The molecule has 0 heterocycles. The summed E-state index contributed by atoms with van der Waals surface area (Å²) in [6.07, 6.45) is 0. The maximum Gasteiger partial charge on any atom is 0.123 e. The molecule has 0 bridgehead atoms. The van der Waals surface area contributed by atoms with Crippen LogP contribution >= 0.6 is 0 Å². The Bertz CT molecular complexity index is 588. The number of hydrogen-bond donors (Lipinski definition) is 2. The molecular weight excluding hydrogens is 229 g/mol. The third-order valence-corrected chi connectivity index (χ3v) is 2.67. The van der Waals surface area contributed by atoms with Crippen LogP contribution in [0.5, 0.6) is 0 Å². The van der Waals surface area contributed by atoms with Crippen LogP contribution in [0.1, 0.15) is 11.1 Å². The van der Waals surface area contributed by atoms with E-state index in [-0.39, 0.29) is 5.82 Å². The van der Waals surface area contributed by atoms with Crippen LogP contribution in [0.2, 0.25) is 0 Å². The normalized spacial score (nSPS) is 11.6. The number of nitrogens with two attached hydrogens (primary N) is 2. The molecule has 0 amide bonds. The fourth-order valence-corrected chi connectivity index (χ4v) is 1.81. The van der Waals surface area contributed by atoms with Gasteiger partial charge in [-0.05, 0) is 42.5 Å². The van der Waals surface area contributed by atoms with Gasteiger partial charge in [0.2, 0.25) is 0 Å². The van der Waals surface area contributed by atoms with Gasteiger partial charge in [0, 0.05) is 29.5 Å². The van der Waals surface area contributed by atoms with Crippen molar-refractivity contribution in [3.8, 4) is 0 Å². The van der Waals surface area contributed by atoms with Crippen molar-refractivity contribution in [2.24, 2.45) is 4.99 Å². The van der Waals surface area contributed by atoms with Crippen molar-refractivity contribution in [3.63, 3.8) is 0 Å². The largest absolute Gasteiger partial charge is 0.399 e. The molecule has 0 unspecified atom stereocenters. The van der Waals surface area contributed by atoms with Crippen LogP contribution < -0.4 is 11.5 Å². The molecular formula is C14H14FN3. The zero-order valence-electron chi connectivity index (χ0n) is 10.0. The molecule has 2 aromatic carbocycles.